The number of ether oxygens (including phenoxy) is 1. The van der Waals surface area contributed by atoms with Crippen molar-refractivity contribution in [3.63, 3.8) is 0 Å². The van der Waals surface area contributed by atoms with Crippen molar-refractivity contribution in [3.05, 3.63) is 29.8 Å². The van der Waals surface area contributed by atoms with Crippen LogP contribution in [0.25, 0.3) is 0 Å². The Hall–Kier alpha value is -2.58. The molecule has 29 heavy (non-hydrogen) atoms. The SMILES string of the molecule is CCOC(=O)N1CCN(C(=NC)NCC2CCN(c3ccc(F)c(F)c3)C2)CC1. The second-order valence-corrected chi connectivity index (χ2v) is 7.30. The summed E-state index contributed by atoms with van der Waals surface area (Å²) in [6.45, 7) is 7.14. The lowest BCUT2D eigenvalue weighted by Crippen LogP contribution is -2.54. The molecule has 0 aliphatic carbocycles. The Balaban J connectivity index is 1.46. The average molecular weight is 409 g/mol. The van der Waals surface area contributed by atoms with Gasteiger partial charge in [0, 0.05) is 64.6 Å². The molecule has 0 radical (unpaired) electrons. The molecular weight excluding hydrogens is 380 g/mol. The van der Waals surface area contributed by atoms with E-state index in [1.165, 1.54) is 12.1 Å². The number of piperazine rings is 1. The number of carbonyl (C=O) groups excluding carboxylic acids is 1. The van der Waals surface area contributed by atoms with Crippen LogP contribution >= 0.6 is 0 Å². The summed E-state index contributed by atoms with van der Waals surface area (Å²) in [5.74, 6) is -0.426. The molecule has 0 saturated carbocycles. The Labute approximate surface area is 170 Å². The van der Waals surface area contributed by atoms with Gasteiger partial charge in [-0.25, -0.2) is 13.6 Å². The van der Waals surface area contributed by atoms with Gasteiger partial charge in [-0.3, -0.25) is 4.99 Å². The number of nitrogens with zero attached hydrogens (tertiary/aromatic N) is 4. The lowest BCUT2D eigenvalue weighted by molar-refractivity contribution is 0.0914. The number of hydrogen-bond donors (Lipinski definition) is 1. The summed E-state index contributed by atoms with van der Waals surface area (Å²) >= 11 is 0. The van der Waals surface area contributed by atoms with Gasteiger partial charge in [-0.15, -0.1) is 0 Å². The largest absolute Gasteiger partial charge is 0.450 e. The van der Waals surface area contributed by atoms with Gasteiger partial charge in [0.15, 0.2) is 17.6 Å². The molecule has 0 spiro atoms. The highest BCUT2D eigenvalue weighted by atomic mass is 19.2. The molecule has 160 valence electrons. The third kappa shape index (κ3) is 5.27. The summed E-state index contributed by atoms with van der Waals surface area (Å²) < 4.78 is 31.7. The summed E-state index contributed by atoms with van der Waals surface area (Å²) in [5, 5.41) is 3.42. The van der Waals surface area contributed by atoms with E-state index >= 15 is 0 Å². The minimum atomic E-state index is -0.821. The minimum Gasteiger partial charge on any atom is -0.450 e. The average Bonchev–Trinajstić information content (AvgIpc) is 3.20. The molecule has 1 aromatic rings. The van der Waals surface area contributed by atoms with Gasteiger partial charge in [-0.2, -0.15) is 0 Å². The first kappa shape index (κ1) is 21.1. The highest BCUT2D eigenvalue weighted by molar-refractivity contribution is 5.80. The number of amides is 1. The molecule has 2 saturated heterocycles. The zero-order valence-corrected chi connectivity index (χ0v) is 17.0. The lowest BCUT2D eigenvalue weighted by Gasteiger charge is -2.36. The van der Waals surface area contributed by atoms with Gasteiger partial charge in [0.05, 0.1) is 6.61 Å². The predicted molar refractivity (Wildman–Crippen MR) is 108 cm³/mol. The fourth-order valence-electron chi connectivity index (χ4n) is 3.80. The topological polar surface area (TPSA) is 60.4 Å². The van der Waals surface area contributed by atoms with Crippen LogP contribution < -0.4 is 10.2 Å². The van der Waals surface area contributed by atoms with Crippen LogP contribution in [0.4, 0.5) is 19.3 Å². The van der Waals surface area contributed by atoms with E-state index < -0.39 is 11.6 Å². The van der Waals surface area contributed by atoms with Crippen LogP contribution in [0.5, 0.6) is 0 Å². The van der Waals surface area contributed by atoms with E-state index in [0.29, 0.717) is 44.4 Å². The van der Waals surface area contributed by atoms with Crippen molar-refractivity contribution in [2.24, 2.45) is 10.9 Å². The molecule has 1 amide bonds. The Kier molecular flexibility index (Phi) is 7.11. The highest BCUT2D eigenvalue weighted by Gasteiger charge is 2.26. The fourth-order valence-corrected chi connectivity index (χ4v) is 3.80. The van der Waals surface area contributed by atoms with Gasteiger partial charge in [-0.05, 0) is 31.4 Å². The van der Waals surface area contributed by atoms with Crippen LogP contribution in [-0.4, -0.2) is 81.3 Å². The maximum Gasteiger partial charge on any atom is 0.409 e. The van der Waals surface area contributed by atoms with Gasteiger partial charge in [0.1, 0.15) is 0 Å². The smallest absolute Gasteiger partial charge is 0.409 e. The van der Waals surface area contributed by atoms with Gasteiger partial charge in [-0.1, -0.05) is 0 Å². The number of hydrogen-bond acceptors (Lipinski definition) is 4. The van der Waals surface area contributed by atoms with E-state index in [2.05, 4.69) is 20.1 Å². The second kappa shape index (κ2) is 9.76. The van der Waals surface area contributed by atoms with Crippen molar-refractivity contribution in [2.75, 3.05) is 64.4 Å². The van der Waals surface area contributed by atoms with E-state index in [4.69, 9.17) is 4.74 Å². The van der Waals surface area contributed by atoms with Crippen LogP contribution in [0.2, 0.25) is 0 Å². The first-order valence-corrected chi connectivity index (χ1v) is 10.1. The molecule has 1 unspecified atom stereocenters. The first-order chi connectivity index (χ1) is 14.0. The fraction of sp³-hybridized carbons (Fsp3) is 0.600. The molecule has 7 nitrogen and oxygen atoms in total. The van der Waals surface area contributed by atoms with Crippen molar-refractivity contribution in [3.8, 4) is 0 Å². The quantitative estimate of drug-likeness (QED) is 0.610. The predicted octanol–water partition coefficient (Wildman–Crippen LogP) is 2.14. The van der Waals surface area contributed by atoms with Crippen LogP contribution in [0.3, 0.4) is 0 Å². The summed E-state index contributed by atoms with van der Waals surface area (Å²) in [7, 11) is 1.75. The molecule has 9 heteroatoms. The summed E-state index contributed by atoms with van der Waals surface area (Å²) in [6.07, 6.45) is 0.706. The van der Waals surface area contributed by atoms with Crippen LogP contribution in [0, 0.1) is 17.6 Å². The van der Waals surface area contributed by atoms with Crippen LogP contribution in [0.15, 0.2) is 23.2 Å². The molecule has 1 N–H and O–H groups in total. The number of anilines is 1. The number of rotatable bonds is 4. The summed E-state index contributed by atoms with van der Waals surface area (Å²) in [6, 6.07) is 4.05. The standard InChI is InChI=1S/C20H29F2N5O2/c1-3-29-20(28)26-10-8-25(9-11-26)19(23-2)24-13-15-6-7-27(14-15)16-4-5-17(21)18(22)12-16/h4-5,12,15H,3,6-11,13-14H2,1-2H3,(H,23,24). The maximum absolute atomic E-state index is 13.5. The Morgan fingerprint density at radius 2 is 1.90 bits per heavy atom. The Morgan fingerprint density at radius 3 is 2.55 bits per heavy atom. The molecular formula is C20H29F2N5O2. The number of nitrogens with one attached hydrogen (secondary N) is 1. The minimum absolute atomic E-state index is 0.265. The normalized spacial score (nSPS) is 20.2. The second-order valence-electron chi connectivity index (χ2n) is 7.30. The van der Waals surface area contributed by atoms with E-state index in [1.807, 2.05) is 0 Å². The van der Waals surface area contributed by atoms with Crippen molar-refractivity contribution < 1.29 is 18.3 Å². The summed E-state index contributed by atoms with van der Waals surface area (Å²) in [4.78, 5) is 22.1. The number of carbonyl (C=O) groups is 1. The van der Waals surface area contributed by atoms with Gasteiger partial charge in [0.25, 0.3) is 0 Å². The summed E-state index contributed by atoms with van der Waals surface area (Å²) in [5.41, 5.74) is 0.714. The molecule has 2 fully saturated rings. The number of guanidine groups is 1. The molecule has 2 aliphatic heterocycles. The molecule has 3 rings (SSSR count). The van der Waals surface area contributed by atoms with Crippen molar-refractivity contribution in [1.29, 1.82) is 0 Å². The van der Waals surface area contributed by atoms with Crippen LogP contribution in [-0.2, 0) is 4.74 Å². The molecule has 0 aromatic heterocycles. The van der Waals surface area contributed by atoms with E-state index in [1.54, 1.807) is 24.9 Å². The molecule has 0 bridgehead atoms. The third-order valence-electron chi connectivity index (χ3n) is 5.42. The Morgan fingerprint density at radius 1 is 1.17 bits per heavy atom. The van der Waals surface area contributed by atoms with Crippen LogP contribution in [0.1, 0.15) is 13.3 Å². The van der Waals surface area contributed by atoms with Crippen molar-refractivity contribution in [2.45, 2.75) is 13.3 Å². The maximum atomic E-state index is 13.5. The van der Waals surface area contributed by atoms with Gasteiger partial charge >= 0.3 is 6.09 Å². The van der Waals surface area contributed by atoms with Gasteiger partial charge in [0.2, 0.25) is 0 Å². The van der Waals surface area contributed by atoms with E-state index in [0.717, 1.165) is 32.0 Å². The van der Waals surface area contributed by atoms with E-state index in [-0.39, 0.29) is 6.09 Å². The molecule has 2 aliphatic rings. The van der Waals surface area contributed by atoms with Crippen molar-refractivity contribution in [1.82, 2.24) is 15.1 Å². The third-order valence-corrected chi connectivity index (χ3v) is 5.42. The van der Waals surface area contributed by atoms with Gasteiger partial charge < -0.3 is 24.8 Å². The molecule has 1 atom stereocenters. The molecule has 2 heterocycles. The number of aliphatic imine (C=N–C) groups is 1. The molecule has 1 aromatic carbocycles. The zero-order chi connectivity index (χ0) is 20.8. The van der Waals surface area contributed by atoms with E-state index in [9.17, 15) is 13.6 Å². The first-order valence-electron chi connectivity index (χ1n) is 10.1. The monoisotopic (exact) mass is 409 g/mol. The van der Waals surface area contributed by atoms with Crippen molar-refractivity contribution >= 4 is 17.7 Å². The lowest BCUT2D eigenvalue weighted by atomic mass is 10.1. The number of halogens is 2. The zero-order valence-electron chi connectivity index (χ0n) is 17.0. The Bertz CT molecular complexity index is 738. The highest BCUT2D eigenvalue weighted by Crippen LogP contribution is 2.25. The number of benzene rings is 1.